The van der Waals surface area contributed by atoms with Crippen molar-refractivity contribution in [2.24, 2.45) is 0 Å². The number of nitrogens with one attached hydrogen (secondary N) is 1. The molecule has 0 radical (unpaired) electrons. The molecule has 3 rings (SSSR count). The first-order valence-electron chi connectivity index (χ1n) is 9.17. The Balaban J connectivity index is 1.62. The molecule has 138 valence electrons. The smallest absolute Gasteiger partial charge is 0.251 e. The van der Waals surface area contributed by atoms with Crippen molar-refractivity contribution in [2.75, 3.05) is 26.8 Å². The molecule has 1 aliphatic carbocycles. The number of ether oxygens (including phenoxy) is 2. The van der Waals surface area contributed by atoms with E-state index in [1.54, 1.807) is 19.2 Å². The van der Waals surface area contributed by atoms with Gasteiger partial charge in [0.1, 0.15) is 0 Å². The average molecular weight is 367 g/mol. The second-order valence-corrected chi connectivity index (χ2v) is 7.26. The van der Waals surface area contributed by atoms with E-state index in [2.05, 4.69) is 10.2 Å². The molecule has 1 aromatic carbocycles. The van der Waals surface area contributed by atoms with Gasteiger partial charge in [0.25, 0.3) is 5.91 Å². The molecule has 0 bridgehead atoms. The van der Waals surface area contributed by atoms with Crippen molar-refractivity contribution in [2.45, 2.75) is 51.1 Å². The second kappa shape index (κ2) is 8.28. The Morgan fingerprint density at radius 2 is 2.00 bits per heavy atom. The number of carbonyl (C=O) groups is 1. The average Bonchev–Trinajstić information content (AvgIpc) is 3.45. The SMILES string of the molecule is CCCOc1c(Cl)cc(C(=O)NC2CCN(C3CC3)CC2)cc1OC. The fraction of sp³-hybridized carbons (Fsp3) is 0.632. The molecular weight excluding hydrogens is 340 g/mol. The van der Waals surface area contributed by atoms with E-state index in [0.717, 1.165) is 38.4 Å². The highest BCUT2D eigenvalue weighted by Crippen LogP contribution is 2.36. The van der Waals surface area contributed by atoms with Crippen molar-refractivity contribution < 1.29 is 14.3 Å². The molecule has 0 unspecified atom stereocenters. The third-order valence-electron chi connectivity index (χ3n) is 4.87. The monoisotopic (exact) mass is 366 g/mol. The number of halogens is 1. The standard InChI is InChI=1S/C19H27ClN2O3/c1-3-10-25-18-16(20)11-13(12-17(18)24-2)19(23)21-14-6-8-22(9-7-14)15-4-5-15/h11-12,14-15H,3-10H2,1-2H3,(H,21,23). The summed E-state index contributed by atoms with van der Waals surface area (Å²) in [5.41, 5.74) is 0.510. The van der Waals surface area contributed by atoms with Gasteiger partial charge in [0.15, 0.2) is 11.5 Å². The van der Waals surface area contributed by atoms with E-state index in [1.165, 1.54) is 12.8 Å². The number of benzene rings is 1. The molecule has 1 saturated heterocycles. The zero-order valence-electron chi connectivity index (χ0n) is 15.0. The molecule has 1 saturated carbocycles. The molecule has 1 amide bonds. The fourth-order valence-corrected chi connectivity index (χ4v) is 3.58. The molecular formula is C19H27ClN2O3. The van der Waals surface area contributed by atoms with Gasteiger partial charge in [-0.25, -0.2) is 0 Å². The maximum Gasteiger partial charge on any atom is 0.251 e. The first-order valence-corrected chi connectivity index (χ1v) is 9.55. The van der Waals surface area contributed by atoms with E-state index in [1.807, 2.05) is 6.92 Å². The predicted molar refractivity (Wildman–Crippen MR) is 98.9 cm³/mol. The van der Waals surface area contributed by atoms with Crippen molar-refractivity contribution in [3.05, 3.63) is 22.7 Å². The Kier molecular flexibility index (Phi) is 6.07. The molecule has 2 fully saturated rings. The molecule has 1 aliphatic heterocycles. The quantitative estimate of drug-likeness (QED) is 0.802. The third-order valence-corrected chi connectivity index (χ3v) is 5.15. The van der Waals surface area contributed by atoms with Gasteiger partial charge in [-0.15, -0.1) is 0 Å². The summed E-state index contributed by atoms with van der Waals surface area (Å²) in [5, 5.41) is 3.54. The summed E-state index contributed by atoms with van der Waals surface area (Å²) in [6, 6.07) is 4.38. The Morgan fingerprint density at radius 3 is 2.60 bits per heavy atom. The summed E-state index contributed by atoms with van der Waals surface area (Å²) in [6.45, 7) is 4.73. The van der Waals surface area contributed by atoms with Crippen molar-refractivity contribution in [3.8, 4) is 11.5 Å². The van der Waals surface area contributed by atoms with Gasteiger partial charge in [0, 0.05) is 30.7 Å². The van der Waals surface area contributed by atoms with Crippen molar-refractivity contribution in [3.63, 3.8) is 0 Å². The van der Waals surface area contributed by atoms with Crippen LogP contribution in [0.5, 0.6) is 11.5 Å². The van der Waals surface area contributed by atoms with Crippen LogP contribution in [0.15, 0.2) is 12.1 Å². The van der Waals surface area contributed by atoms with Crippen LogP contribution < -0.4 is 14.8 Å². The molecule has 1 N–H and O–H groups in total. The summed E-state index contributed by atoms with van der Waals surface area (Å²) in [7, 11) is 1.56. The largest absolute Gasteiger partial charge is 0.493 e. The number of rotatable bonds is 7. The number of nitrogens with zero attached hydrogens (tertiary/aromatic N) is 1. The number of amides is 1. The van der Waals surface area contributed by atoms with Gasteiger partial charge in [-0.2, -0.15) is 0 Å². The number of piperidine rings is 1. The number of likely N-dealkylation sites (tertiary alicyclic amines) is 1. The number of carbonyl (C=O) groups excluding carboxylic acids is 1. The van der Waals surface area contributed by atoms with Crippen molar-refractivity contribution in [1.29, 1.82) is 0 Å². The summed E-state index contributed by atoms with van der Waals surface area (Å²) >= 11 is 6.31. The maximum atomic E-state index is 12.6. The minimum absolute atomic E-state index is 0.105. The van der Waals surface area contributed by atoms with Crippen LogP contribution in [0.1, 0.15) is 49.4 Å². The normalized spacial score (nSPS) is 18.8. The lowest BCUT2D eigenvalue weighted by molar-refractivity contribution is 0.0908. The van der Waals surface area contributed by atoms with Gasteiger partial charge in [0.05, 0.1) is 18.7 Å². The lowest BCUT2D eigenvalue weighted by atomic mass is 10.0. The van der Waals surface area contributed by atoms with Gasteiger partial charge >= 0.3 is 0 Å². The first kappa shape index (κ1) is 18.3. The van der Waals surface area contributed by atoms with Crippen LogP contribution in [-0.4, -0.2) is 49.7 Å². The highest BCUT2D eigenvalue weighted by molar-refractivity contribution is 6.32. The first-order chi connectivity index (χ1) is 12.1. The summed E-state index contributed by atoms with van der Waals surface area (Å²) in [5.74, 6) is 0.891. The molecule has 0 aromatic heterocycles. The highest BCUT2D eigenvalue weighted by Gasteiger charge is 2.32. The molecule has 0 atom stereocenters. The zero-order chi connectivity index (χ0) is 17.8. The van der Waals surface area contributed by atoms with Crippen LogP contribution in [-0.2, 0) is 0 Å². The zero-order valence-corrected chi connectivity index (χ0v) is 15.8. The molecule has 25 heavy (non-hydrogen) atoms. The van der Waals surface area contributed by atoms with Gasteiger partial charge in [-0.3, -0.25) is 4.79 Å². The summed E-state index contributed by atoms with van der Waals surface area (Å²) in [4.78, 5) is 15.2. The molecule has 6 heteroatoms. The molecule has 0 spiro atoms. The second-order valence-electron chi connectivity index (χ2n) is 6.85. The van der Waals surface area contributed by atoms with Crippen LogP contribution in [0.25, 0.3) is 0 Å². The molecule has 2 aliphatic rings. The molecule has 1 aromatic rings. The Morgan fingerprint density at radius 1 is 1.28 bits per heavy atom. The van der Waals surface area contributed by atoms with Crippen LogP contribution >= 0.6 is 11.6 Å². The van der Waals surface area contributed by atoms with E-state index in [-0.39, 0.29) is 11.9 Å². The number of methoxy groups -OCH3 is 1. The number of hydrogen-bond acceptors (Lipinski definition) is 4. The summed E-state index contributed by atoms with van der Waals surface area (Å²) < 4.78 is 11.0. The topological polar surface area (TPSA) is 50.8 Å². The number of hydrogen-bond donors (Lipinski definition) is 1. The van der Waals surface area contributed by atoms with Crippen LogP contribution in [0, 0.1) is 0 Å². The van der Waals surface area contributed by atoms with E-state index in [4.69, 9.17) is 21.1 Å². The third kappa shape index (κ3) is 4.59. The maximum absolute atomic E-state index is 12.6. The lowest BCUT2D eigenvalue weighted by Crippen LogP contribution is -2.45. The van der Waals surface area contributed by atoms with Gasteiger partial charge in [-0.05, 0) is 44.2 Å². The molecule has 5 nitrogen and oxygen atoms in total. The predicted octanol–water partition coefficient (Wildman–Crippen LogP) is 3.49. The van der Waals surface area contributed by atoms with E-state index in [0.29, 0.717) is 28.7 Å². The lowest BCUT2D eigenvalue weighted by Gasteiger charge is -2.32. The summed E-state index contributed by atoms with van der Waals surface area (Å²) in [6.07, 6.45) is 5.56. The van der Waals surface area contributed by atoms with Crippen LogP contribution in [0.2, 0.25) is 5.02 Å². The Bertz CT molecular complexity index is 611. The van der Waals surface area contributed by atoms with Gasteiger partial charge < -0.3 is 19.7 Å². The minimum Gasteiger partial charge on any atom is -0.493 e. The molecule has 1 heterocycles. The van der Waals surface area contributed by atoms with E-state index >= 15 is 0 Å². The van der Waals surface area contributed by atoms with Crippen LogP contribution in [0.3, 0.4) is 0 Å². The van der Waals surface area contributed by atoms with Crippen molar-refractivity contribution >= 4 is 17.5 Å². The Hall–Kier alpha value is -1.46. The van der Waals surface area contributed by atoms with Gasteiger partial charge in [0.2, 0.25) is 0 Å². The van der Waals surface area contributed by atoms with E-state index < -0.39 is 0 Å². The minimum atomic E-state index is -0.105. The van der Waals surface area contributed by atoms with E-state index in [9.17, 15) is 4.79 Å². The Labute approximate surface area is 154 Å². The fourth-order valence-electron chi connectivity index (χ4n) is 3.31. The van der Waals surface area contributed by atoms with Crippen LogP contribution in [0.4, 0.5) is 0 Å². The highest BCUT2D eigenvalue weighted by atomic mass is 35.5. The van der Waals surface area contributed by atoms with Gasteiger partial charge in [-0.1, -0.05) is 18.5 Å². The van der Waals surface area contributed by atoms with Crippen molar-refractivity contribution in [1.82, 2.24) is 10.2 Å².